The predicted molar refractivity (Wildman–Crippen MR) is 181 cm³/mol. The van der Waals surface area contributed by atoms with E-state index in [0.29, 0.717) is 39.9 Å². The van der Waals surface area contributed by atoms with Gasteiger partial charge in [-0.2, -0.15) is 0 Å². The highest BCUT2D eigenvalue weighted by molar-refractivity contribution is 5.88. The molecule has 2 rings (SSSR count). The predicted octanol–water partition coefficient (Wildman–Crippen LogP) is 8.10. The van der Waals surface area contributed by atoms with E-state index < -0.39 is 17.9 Å². The van der Waals surface area contributed by atoms with Crippen LogP contribution in [-0.4, -0.2) is 17.9 Å². The van der Waals surface area contributed by atoms with Crippen molar-refractivity contribution in [2.45, 2.75) is 27.7 Å². The van der Waals surface area contributed by atoms with Gasteiger partial charge in [-0.15, -0.1) is 0 Å². The van der Waals surface area contributed by atoms with E-state index in [4.69, 9.17) is 42.9 Å². The molecule has 0 aliphatic carbocycles. The van der Waals surface area contributed by atoms with E-state index in [9.17, 15) is 14.4 Å². The molecule has 0 aliphatic heterocycles. The van der Waals surface area contributed by atoms with Crippen LogP contribution >= 0.6 is 0 Å². The molecule has 0 spiro atoms. The van der Waals surface area contributed by atoms with Gasteiger partial charge in [0.15, 0.2) is 6.26 Å². The Morgan fingerprint density at radius 1 is 0.469 bits per heavy atom. The Morgan fingerprint density at radius 3 is 1.06 bits per heavy atom. The van der Waals surface area contributed by atoms with Gasteiger partial charge in [0.2, 0.25) is 0 Å². The van der Waals surface area contributed by atoms with Crippen LogP contribution in [0.25, 0.3) is 12.2 Å². The van der Waals surface area contributed by atoms with Crippen LogP contribution in [0.4, 0.5) is 0 Å². The van der Waals surface area contributed by atoms with Crippen LogP contribution < -0.4 is 18.9 Å². The van der Waals surface area contributed by atoms with Gasteiger partial charge in [0, 0.05) is 28.9 Å². The molecule has 0 aromatic heterocycles. The molecule has 256 valence electrons. The molecular formula is C37H36O12. The Labute approximate surface area is 284 Å². The van der Waals surface area contributed by atoms with Crippen molar-refractivity contribution in [3.63, 3.8) is 0 Å². The summed E-state index contributed by atoms with van der Waals surface area (Å²) in [6.07, 6.45) is 12.6. The van der Waals surface area contributed by atoms with Crippen LogP contribution in [0.1, 0.15) is 38.8 Å². The van der Waals surface area contributed by atoms with Gasteiger partial charge in [-0.1, -0.05) is 38.5 Å². The van der Waals surface area contributed by atoms with Gasteiger partial charge >= 0.3 is 17.9 Å². The Balaban J connectivity index is 2.37. The van der Waals surface area contributed by atoms with Gasteiger partial charge in [-0.3, -0.25) is 9.78 Å². The van der Waals surface area contributed by atoms with Gasteiger partial charge in [0.1, 0.15) is 72.6 Å². The lowest BCUT2D eigenvalue weighted by atomic mass is 10.1. The fraction of sp³-hybridized carbons (Fsp3) is 0.108. The van der Waals surface area contributed by atoms with Crippen LogP contribution in [0.2, 0.25) is 0 Å². The van der Waals surface area contributed by atoms with Crippen molar-refractivity contribution in [2.75, 3.05) is 0 Å². The van der Waals surface area contributed by atoms with E-state index >= 15 is 0 Å². The molecule has 2 aromatic carbocycles. The maximum absolute atomic E-state index is 11.6. The Kier molecular flexibility index (Phi) is 16.1. The van der Waals surface area contributed by atoms with Crippen molar-refractivity contribution in [1.29, 1.82) is 0 Å². The van der Waals surface area contributed by atoms with Gasteiger partial charge < -0.3 is 33.2 Å². The molecule has 49 heavy (non-hydrogen) atoms. The number of rotatable bonds is 19. The second-order valence-corrected chi connectivity index (χ2v) is 9.81. The van der Waals surface area contributed by atoms with E-state index in [1.165, 1.54) is 52.1 Å². The number of hydrogen-bond acceptors (Lipinski definition) is 12. The fourth-order valence-electron chi connectivity index (χ4n) is 2.97. The SMILES string of the molecule is C=C(C)OO/C=C/Oc1cc(/C=C/c2cc(O/C=C/OC(=O)C(=C)C)cc(O/C=C/OC(=O)C(=C)C)c2)cc(O/C=C/OC(=O)C(=C)C)c1. The highest BCUT2D eigenvalue weighted by Crippen LogP contribution is 2.28. The minimum absolute atomic E-state index is 0.220. The van der Waals surface area contributed by atoms with Crippen LogP contribution in [0.3, 0.4) is 0 Å². The standard InChI is InChI=1S/C37H36O12/c1-25(2)35(38)45-14-11-41-31-19-29(20-32(23-31)42-12-15-46-36(39)26(3)4)9-10-30-21-33(43-13-16-47-37(40)27(5)6)24-34(22-30)44-17-18-48-49-28(7)8/h9-24H,1,3,5,7H2,2,4,6,8H3/b10-9+,14-11+,15-12+,16-13+,18-17+. The average Bonchev–Trinajstić information content (AvgIpc) is 3.05. The quantitative estimate of drug-likeness (QED) is 0.0271. The molecule has 0 amide bonds. The van der Waals surface area contributed by atoms with Gasteiger partial charge in [-0.05, 0) is 63.1 Å². The first-order valence-electron chi connectivity index (χ1n) is 14.2. The molecule has 0 saturated carbocycles. The van der Waals surface area contributed by atoms with Crippen molar-refractivity contribution >= 4 is 30.1 Å². The lowest BCUT2D eigenvalue weighted by Gasteiger charge is -2.08. The summed E-state index contributed by atoms with van der Waals surface area (Å²) in [5.41, 5.74) is 1.90. The molecule has 0 fully saturated rings. The molecule has 2 aromatic rings. The highest BCUT2D eigenvalue weighted by Gasteiger charge is 2.06. The second-order valence-electron chi connectivity index (χ2n) is 9.81. The summed E-state index contributed by atoms with van der Waals surface area (Å²) in [6.45, 7) is 20.3. The molecule has 0 atom stereocenters. The third-order valence-corrected chi connectivity index (χ3v) is 5.13. The van der Waals surface area contributed by atoms with E-state index in [2.05, 4.69) is 26.3 Å². The molecule has 12 nitrogen and oxygen atoms in total. The maximum Gasteiger partial charge on any atom is 0.338 e. The Morgan fingerprint density at radius 2 is 0.776 bits per heavy atom. The summed E-state index contributed by atoms with van der Waals surface area (Å²) < 4.78 is 37.2. The van der Waals surface area contributed by atoms with E-state index in [-0.39, 0.29) is 16.7 Å². The molecule has 0 N–H and O–H groups in total. The summed E-state index contributed by atoms with van der Waals surface area (Å²) in [5, 5.41) is 0. The number of ether oxygens (including phenoxy) is 7. The molecule has 0 bridgehead atoms. The lowest BCUT2D eigenvalue weighted by Crippen LogP contribution is -1.99. The number of carbonyl (C=O) groups is 3. The molecule has 12 heteroatoms. The molecule has 0 unspecified atom stereocenters. The van der Waals surface area contributed by atoms with Gasteiger partial charge in [0.25, 0.3) is 0 Å². The highest BCUT2D eigenvalue weighted by atomic mass is 17.2. The monoisotopic (exact) mass is 672 g/mol. The fourth-order valence-corrected chi connectivity index (χ4v) is 2.97. The number of benzene rings is 2. The summed E-state index contributed by atoms with van der Waals surface area (Å²) in [7, 11) is 0. The van der Waals surface area contributed by atoms with Gasteiger partial charge in [-0.25, -0.2) is 14.4 Å². The first kappa shape index (κ1) is 38.5. The van der Waals surface area contributed by atoms with Crippen molar-refractivity contribution in [3.8, 4) is 23.0 Å². The Hall–Kier alpha value is -6.69. The van der Waals surface area contributed by atoms with Crippen molar-refractivity contribution < 1.29 is 57.3 Å². The Bertz CT molecular complexity index is 1650. The number of hydrogen-bond donors (Lipinski definition) is 0. The largest absolute Gasteiger partial charge is 0.462 e. The minimum atomic E-state index is -0.615. The molecule has 0 aliphatic rings. The summed E-state index contributed by atoms with van der Waals surface area (Å²) in [5.74, 6) is -0.188. The normalized spacial score (nSPS) is 11.0. The van der Waals surface area contributed by atoms with Gasteiger partial charge in [0.05, 0.1) is 0 Å². The zero-order valence-electron chi connectivity index (χ0n) is 27.5. The number of allylic oxidation sites excluding steroid dienone is 1. The summed E-state index contributed by atoms with van der Waals surface area (Å²) >= 11 is 0. The molecular weight excluding hydrogens is 636 g/mol. The zero-order valence-corrected chi connectivity index (χ0v) is 27.5. The van der Waals surface area contributed by atoms with Crippen LogP contribution in [0.15, 0.2) is 135 Å². The van der Waals surface area contributed by atoms with E-state index in [0.717, 1.165) is 18.8 Å². The first-order chi connectivity index (χ1) is 23.3. The third kappa shape index (κ3) is 15.9. The average molecular weight is 673 g/mol. The molecule has 0 heterocycles. The number of carbonyl (C=O) groups excluding carboxylic acids is 3. The first-order valence-corrected chi connectivity index (χ1v) is 14.2. The molecule has 0 saturated heterocycles. The van der Waals surface area contributed by atoms with Crippen LogP contribution in [0, 0.1) is 0 Å². The minimum Gasteiger partial charge on any atom is -0.462 e. The topological polar surface area (TPSA) is 134 Å². The van der Waals surface area contributed by atoms with E-state index in [1.54, 1.807) is 55.5 Å². The zero-order chi connectivity index (χ0) is 36.2. The lowest BCUT2D eigenvalue weighted by molar-refractivity contribution is -0.211. The van der Waals surface area contributed by atoms with Crippen LogP contribution in [0.5, 0.6) is 23.0 Å². The van der Waals surface area contributed by atoms with Crippen LogP contribution in [-0.2, 0) is 38.4 Å². The number of esters is 3. The summed E-state index contributed by atoms with van der Waals surface area (Å²) in [6, 6.07) is 9.87. The molecule has 0 radical (unpaired) electrons. The second kappa shape index (κ2) is 20.4. The maximum atomic E-state index is 11.6. The van der Waals surface area contributed by atoms with Crippen molar-refractivity contribution in [2.24, 2.45) is 0 Å². The van der Waals surface area contributed by atoms with Crippen molar-refractivity contribution in [3.05, 3.63) is 146 Å². The van der Waals surface area contributed by atoms with E-state index in [1.807, 2.05) is 0 Å². The third-order valence-electron chi connectivity index (χ3n) is 5.13. The summed E-state index contributed by atoms with van der Waals surface area (Å²) in [4.78, 5) is 44.5. The smallest absolute Gasteiger partial charge is 0.338 e. The van der Waals surface area contributed by atoms with Crippen molar-refractivity contribution in [1.82, 2.24) is 0 Å².